The van der Waals surface area contributed by atoms with Crippen molar-refractivity contribution in [3.63, 3.8) is 0 Å². The van der Waals surface area contributed by atoms with Crippen LogP contribution < -0.4 is 25.0 Å². The number of para-hydroxylation sites is 1. The fourth-order valence-electron chi connectivity index (χ4n) is 3.16. The highest BCUT2D eigenvalue weighted by atomic mass is 35.5. The van der Waals surface area contributed by atoms with Gasteiger partial charge in [-0.1, -0.05) is 47.5 Å². The number of hydrogen-bond donors (Lipinski definition) is 2. The van der Waals surface area contributed by atoms with Crippen molar-refractivity contribution in [2.24, 2.45) is 5.10 Å². The van der Waals surface area contributed by atoms with E-state index in [1.807, 2.05) is 24.3 Å². The number of carbonyl (C=O) groups is 2. The van der Waals surface area contributed by atoms with Gasteiger partial charge in [0.2, 0.25) is 0 Å². The fourth-order valence-corrected chi connectivity index (χ4v) is 3.48. The quantitative estimate of drug-likeness (QED) is 0.230. The second-order valence-electron chi connectivity index (χ2n) is 7.47. The molecule has 0 aliphatic carbocycles. The van der Waals surface area contributed by atoms with Crippen molar-refractivity contribution in [2.45, 2.75) is 13.0 Å². The molecule has 3 aromatic carbocycles. The standard InChI is InChI=1S/C26H25Cl2N3O5/c1-34-23-10-8-17(14-24(23)35-2)11-12-29-25(32)26(33)31-30-15-19-5-3-4-6-22(19)36-16-18-7-9-20(27)21(28)13-18/h3-10,13-15H,11-12,16H2,1-2H3,(H,29,32)(H,31,33)/b30-15-. The molecule has 0 aromatic heterocycles. The molecule has 3 aromatic rings. The molecule has 0 bridgehead atoms. The predicted octanol–water partition coefficient (Wildman–Crippen LogP) is 4.40. The summed E-state index contributed by atoms with van der Waals surface area (Å²) >= 11 is 12.0. The van der Waals surface area contributed by atoms with Gasteiger partial charge in [-0.25, -0.2) is 5.43 Å². The van der Waals surface area contributed by atoms with Gasteiger partial charge in [-0.15, -0.1) is 0 Å². The SMILES string of the molecule is COc1ccc(CCNC(=O)C(=O)N/N=C\c2ccccc2OCc2ccc(Cl)c(Cl)c2)cc1OC. The van der Waals surface area contributed by atoms with Crippen LogP contribution >= 0.6 is 23.2 Å². The lowest BCUT2D eigenvalue weighted by molar-refractivity contribution is -0.139. The molecule has 10 heteroatoms. The van der Waals surface area contributed by atoms with E-state index in [0.29, 0.717) is 39.3 Å². The summed E-state index contributed by atoms with van der Waals surface area (Å²) in [4.78, 5) is 24.2. The van der Waals surface area contributed by atoms with Crippen molar-refractivity contribution in [3.05, 3.63) is 87.4 Å². The number of methoxy groups -OCH3 is 2. The molecule has 36 heavy (non-hydrogen) atoms. The monoisotopic (exact) mass is 529 g/mol. The van der Waals surface area contributed by atoms with Crippen molar-refractivity contribution in [3.8, 4) is 17.2 Å². The maximum Gasteiger partial charge on any atom is 0.329 e. The van der Waals surface area contributed by atoms with Gasteiger partial charge in [0.25, 0.3) is 0 Å². The first kappa shape index (κ1) is 26.8. The Bertz CT molecular complexity index is 1250. The van der Waals surface area contributed by atoms with Gasteiger partial charge in [-0.3, -0.25) is 9.59 Å². The molecule has 0 fully saturated rings. The summed E-state index contributed by atoms with van der Waals surface area (Å²) in [6.45, 7) is 0.521. The number of carbonyl (C=O) groups excluding carboxylic acids is 2. The maximum absolute atomic E-state index is 12.1. The number of nitrogens with zero attached hydrogens (tertiary/aromatic N) is 1. The van der Waals surface area contributed by atoms with Crippen LogP contribution in [0, 0.1) is 0 Å². The summed E-state index contributed by atoms with van der Waals surface area (Å²) in [6.07, 6.45) is 1.91. The highest BCUT2D eigenvalue weighted by Gasteiger charge is 2.12. The Kier molecular flexibility index (Phi) is 9.97. The van der Waals surface area contributed by atoms with E-state index in [1.54, 1.807) is 50.6 Å². The van der Waals surface area contributed by atoms with Gasteiger partial charge in [0.15, 0.2) is 11.5 Å². The lowest BCUT2D eigenvalue weighted by Crippen LogP contribution is -2.38. The summed E-state index contributed by atoms with van der Waals surface area (Å²) in [6, 6.07) is 17.8. The second kappa shape index (κ2) is 13.4. The number of benzene rings is 3. The van der Waals surface area contributed by atoms with Crippen LogP contribution in [0.1, 0.15) is 16.7 Å². The minimum absolute atomic E-state index is 0.260. The largest absolute Gasteiger partial charge is 0.493 e. The molecule has 0 spiro atoms. The molecular weight excluding hydrogens is 505 g/mol. The summed E-state index contributed by atoms with van der Waals surface area (Å²) in [5, 5.41) is 7.35. The number of amides is 2. The van der Waals surface area contributed by atoms with E-state index >= 15 is 0 Å². The molecule has 0 saturated carbocycles. The van der Waals surface area contributed by atoms with Gasteiger partial charge in [-0.2, -0.15) is 5.10 Å². The first-order valence-corrected chi connectivity index (χ1v) is 11.6. The third-order valence-electron chi connectivity index (χ3n) is 5.02. The first-order valence-electron chi connectivity index (χ1n) is 10.9. The molecular formula is C26H25Cl2N3O5. The first-order chi connectivity index (χ1) is 17.4. The van der Waals surface area contributed by atoms with Crippen LogP contribution in [0.3, 0.4) is 0 Å². The summed E-state index contributed by atoms with van der Waals surface area (Å²) < 4.78 is 16.3. The van der Waals surface area contributed by atoms with E-state index < -0.39 is 11.8 Å². The van der Waals surface area contributed by atoms with E-state index in [4.69, 9.17) is 37.4 Å². The van der Waals surface area contributed by atoms with E-state index in [1.165, 1.54) is 6.21 Å². The molecule has 0 aliphatic heterocycles. The van der Waals surface area contributed by atoms with Gasteiger partial charge in [0.05, 0.1) is 30.5 Å². The van der Waals surface area contributed by atoms with Gasteiger partial charge >= 0.3 is 11.8 Å². The molecule has 8 nitrogen and oxygen atoms in total. The number of ether oxygens (including phenoxy) is 3. The summed E-state index contributed by atoms with van der Waals surface area (Å²) in [5.41, 5.74) is 4.60. The topological polar surface area (TPSA) is 98.2 Å². The molecule has 0 radical (unpaired) electrons. The average molecular weight is 530 g/mol. The smallest absolute Gasteiger partial charge is 0.329 e. The Morgan fingerprint density at radius 3 is 2.36 bits per heavy atom. The molecule has 0 atom stereocenters. The Morgan fingerprint density at radius 1 is 0.861 bits per heavy atom. The predicted molar refractivity (Wildman–Crippen MR) is 139 cm³/mol. The minimum Gasteiger partial charge on any atom is -0.493 e. The Hall–Kier alpha value is -3.75. The Morgan fingerprint density at radius 2 is 1.61 bits per heavy atom. The molecule has 2 amide bonds. The molecule has 0 heterocycles. The summed E-state index contributed by atoms with van der Waals surface area (Å²) in [5.74, 6) is 0.0731. The van der Waals surface area contributed by atoms with Crippen LogP contribution in [0.2, 0.25) is 10.0 Å². The van der Waals surface area contributed by atoms with Crippen molar-refractivity contribution in [2.75, 3.05) is 20.8 Å². The molecule has 0 unspecified atom stereocenters. The number of hydrazone groups is 1. The molecule has 188 valence electrons. The lowest BCUT2D eigenvalue weighted by Gasteiger charge is -2.10. The highest BCUT2D eigenvalue weighted by Crippen LogP contribution is 2.27. The van der Waals surface area contributed by atoms with Crippen LogP contribution in [0.4, 0.5) is 0 Å². The third kappa shape index (κ3) is 7.63. The van der Waals surface area contributed by atoms with Crippen LogP contribution in [0.5, 0.6) is 17.2 Å². The maximum atomic E-state index is 12.1. The van der Waals surface area contributed by atoms with Crippen molar-refractivity contribution in [1.29, 1.82) is 0 Å². The molecule has 0 saturated heterocycles. The van der Waals surface area contributed by atoms with Crippen molar-refractivity contribution < 1.29 is 23.8 Å². The number of rotatable bonds is 10. The van der Waals surface area contributed by atoms with Crippen LogP contribution in [0.25, 0.3) is 0 Å². The zero-order valence-corrected chi connectivity index (χ0v) is 21.2. The summed E-state index contributed by atoms with van der Waals surface area (Å²) in [7, 11) is 3.11. The van der Waals surface area contributed by atoms with E-state index in [0.717, 1.165) is 11.1 Å². The molecule has 0 aliphatic rings. The Balaban J connectivity index is 1.49. The molecule has 2 N–H and O–H groups in total. The Labute approximate surface area is 219 Å². The lowest BCUT2D eigenvalue weighted by atomic mass is 10.1. The average Bonchev–Trinajstić information content (AvgIpc) is 2.89. The number of hydrogen-bond acceptors (Lipinski definition) is 6. The normalized spacial score (nSPS) is 10.7. The van der Waals surface area contributed by atoms with Crippen molar-refractivity contribution >= 4 is 41.2 Å². The van der Waals surface area contributed by atoms with E-state index in [2.05, 4.69) is 15.8 Å². The highest BCUT2D eigenvalue weighted by molar-refractivity contribution is 6.42. The van der Waals surface area contributed by atoms with Gasteiger partial charge in [0, 0.05) is 12.1 Å². The third-order valence-corrected chi connectivity index (χ3v) is 5.76. The van der Waals surface area contributed by atoms with Gasteiger partial charge in [-0.05, 0) is 53.9 Å². The zero-order valence-electron chi connectivity index (χ0n) is 19.7. The minimum atomic E-state index is -0.882. The van der Waals surface area contributed by atoms with Crippen LogP contribution in [-0.4, -0.2) is 38.8 Å². The van der Waals surface area contributed by atoms with Gasteiger partial charge in [0.1, 0.15) is 12.4 Å². The van der Waals surface area contributed by atoms with Crippen LogP contribution in [-0.2, 0) is 22.6 Å². The fraction of sp³-hybridized carbons (Fsp3) is 0.192. The second-order valence-corrected chi connectivity index (χ2v) is 8.28. The van der Waals surface area contributed by atoms with E-state index in [-0.39, 0.29) is 13.2 Å². The van der Waals surface area contributed by atoms with Gasteiger partial charge < -0.3 is 19.5 Å². The van der Waals surface area contributed by atoms with E-state index in [9.17, 15) is 9.59 Å². The van der Waals surface area contributed by atoms with Crippen LogP contribution in [0.15, 0.2) is 65.8 Å². The van der Waals surface area contributed by atoms with Crippen molar-refractivity contribution in [1.82, 2.24) is 10.7 Å². The number of nitrogens with one attached hydrogen (secondary N) is 2. The zero-order chi connectivity index (χ0) is 25.9. The molecule has 3 rings (SSSR count). The number of halogens is 2.